The molecule has 1 saturated heterocycles. The molecule has 0 spiro atoms. The summed E-state index contributed by atoms with van der Waals surface area (Å²) < 4.78 is 1.27. The van der Waals surface area contributed by atoms with Crippen LogP contribution in [0.25, 0.3) is 21.1 Å². The molecular formula is C24H26N4OS. The number of rotatable bonds is 6. The number of benzene rings is 2. The first-order chi connectivity index (χ1) is 14.8. The van der Waals surface area contributed by atoms with Crippen LogP contribution in [-0.4, -0.2) is 47.0 Å². The molecule has 1 aliphatic rings. The maximum absolute atomic E-state index is 12.4. The summed E-state index contributed by atoms with van der Waals surface area (Å²) in [5.74, 6) is 0.636. The van der Waals surface area contributed by atoms with Gasteiger partial charge in [-0.2, -0.15) is 0 Å². The summed E-state index contributed by atoms with van der Waals surface area (Å²) in [6.45, 7) is 3.07. The van der Waals surface area contributed by atoms with Crippen LogP contribution in [0.3, 0.4) is 0 Å². The zero-order valence-electron chi connectivity index (χ0n) is 16.9. The summed E-state index contributed by atoms with van der Waals surface area (Å²) in [6, 6.07) is 16.6. The number of carbonyl (C=O) groups excluding carboxylic acids is 1. The zero-order valence-corrected chi connectivity index (χ0v) is 17.8. The number of para-hydroxylation sites is 2. The third-order valence-electron chi connectivity index (χ3n) is 6.01. The van der Waals surface area contributed by atoms with Crippen molar-refractivity contribution in [3.05, 3.63) is 65.3 Å². The fraction of sp³-hybridized carbons (Fsp3) is 0.333. The first kappa shape index (κ1) is 19.3. The van der Waals surface area contributed by atoms with Crippen molar-refractivity contribution in [3.8, 4) is 0 Å². The molecule has 1 aliphatic heterocycles. The lowest BCUT2D eigenvalue weighted by molar-refractivity contribution is -0.122. The van der Waals surface area contributed by atoms with E-state index in [1.807, 2.05) is 29.7 Å². The highest BCUT2D eigenvalue weighted by Crippen LogP contribution is 2.33. The van der Waals surface area contributed by atoms with E-state index in [4.69, 9.17) is 4.98 Å². The van der Waals surface area contributed by atoms with Gasteiger partial charge in [0.2, 0.25) is 5.91 Å². The largest absolute Gasteiger partial charge is 0.361 e. The van der Waals surface area contributed by atoms with E-state index in [1.54, 1.807) is 0 Å². The molecule has 0 radical (unpaired) electrons. The summed E-state index contributed by atoms with van der Waals surface area (Å²) in [6.07, 6.45) is 5.03. The predicted octanol–water partition coefficient (Wildman–Crippen LogP) is 4.32. The van der Waals surface area contributed by atoms with Crippen LogP contribution in [0.15, 0.2) is 54.7 Å². The topological polar surface area (TPSA) is 61.0 Å². The highest BCUT2D eigenvalue weighted by molar-refractivity contribution is 7.18. The van der Waals surface area contributed by atoms with E-state index in [0.29, 0.717) is 19.0 Å². The Morgan fingerprint density at radius 1 is 1.13 bits per heavy atom. The van der Waals surface area contributed by atoms with Crippen LogP contribution < -0.4 is 5.32 Å². The number of likely N-dealkylation sites (tertiary alicyclic amines) is 1. The van der Waals surface area contributed by atoms with Gasteiger partial charge in [-0.3, -0.25) is 9.69 Å². The van der Waals surface area contributed by atoms with E-state index in [1.165, 1.54) is 20.7 Å². The van der Waals surface area contributed by atoms with Gasteiger partial charge in [0, 0.05) is 29.6 Å². The Morgan fingerprint density at radius 2 is 1.93 bits per heavy atom. The molecule has 0 unspecified atom stereocenters. The van der Waals surface area contributed by atoms with Crippen LogP contribution in [0.4, 0.5) is 0 Å². The van der Waals surface area contributed by atoms with Crippen molar-refractivity contribution in [3.63, 3.8) is 0 Å². The van der Waals surface area contributed by atoms with Crippen LogP contribution in [0.1, 0.15) is 29.3 Å². The molecule has 30 heavy (non-hydrogen) atoms. The van der Waals surface area contributed by atoms with Gasteiger partial charge < -0.3 is 10.3 Å². The van der Waals surface area contributed by atoms with Crippen LogP contribution in [0.5, 0.6) is 0 Å². The molecule has 0 saturated carbocycles. The monoisotopic (exact) mass is 418 g/mol. The van der Waals surface area contributed by atoms with E-state index in [0.717, 1.165) is 43.4 Å². The minimum Gasteiger partial charge on any atom is -0.361 e. The normalized spacial score (nSPS) is 15.7. The number of aromatic amines is 1. The lowest BCUT2D eigenvalue weighted by Gasteiger charge is -2.30. The standard InChI is InChI=1S/C24H26N4OS/c29-23(25-12-9-18-15-26-20-6-2-1-5-19(18)20)16-28-13-10-17(11-14-28)24-27-21-7-3-4-8-22(21)30-24/h1-8,15,17,26H,9-14,16H2,(H,25,29). The Kier molecular flexibility index (Phi) is 5.51. The highest BCUT2D eigenvalue weighted by atomic mass is 32.1. The number of carbonyl (C=O) groups is 1. The van der Waals surface area contributed by atoms with E-state index in [2.05, 4.69) is 51.6 Å². The molecule has 0 bridgehead atoms. The van der Waals surface area contributed by atoms with E-state index >= 15 is 0 Å². The second kappa shape index (κ2) is 8.58. The first-order valence-electron chi connectivity index (χ1n) is 10.7. The summed E-state index contributed by atoms with van der Waals surface area (Å²) in [5, 5.41) is 5.58. The van der Waals surface area contributed by atoms with Crippen LogP contribution in [0.2, 0.25) is 0 Å². The van der Waals surface area contributed by atoms with Crippen molar-refractivity contribution in [2.24, 2.45) is 0 Å². The van der Waals surface area contributed by atoms with Crippen molar-refractivity contribution in [2.75, 3.05) is 26.2 Å². The van der Waals surface area contributed by atoms with E-state index in [-0.39, 0.29) is 5.91 Å². The summed E-state index contributed by atoms with van der Waals surface area (Å²) >= 11 is 1.82. The number of thiazole rings is 1. The predicted molar refractivity (Wildman–Crippen MR) is 123 cm³/mol. The maximum Gasteiger partial charge on any atom is 0.234 e. The van der Waals surface area contributed by atoms with Crippen molar-refractivity contribution >= 4 is 38.4 Å². The molecule has 1 fully saturated rings. The van der Waals surface area contributed by atoms with Gasteiger partial charge in [-0.1, -0.05) is 30.3 Å². The number of fused-ring (bicyclic) bond motifs is 2. The second-order valence-electron chi connectivity index (χ2n) is 8.03. The number of nitrogens with one attached hydrogen (secondary N) is 2. The Hall–Kier alpha value is -2.70. The smallest absolute Gasteiger partial charge is 0.234 e. The number of aromatic nitrogens is 2. The lowest BCUT2D eigenvalue weighted by atomic mass is 9.97. The number of piperidine rings is 1. The summed E-state index contributed by atoms with van der Waals surface area (Å²) in [7, 11) is 0. The van der Waals surface area contributed by atoms with Crippen LogP contribution >= 0.6 is 11.3 Å². The zero-order chi connectivity index (χ0) is 20.3. The molecule has 1 amide bonds. The lowest BCUT2D eigenvalue weighted by Crippen LogP contribution is -2.41. The van der Waals surface area contributed by atoms with Gasteiger partial charge in [0.25, 0.3) is 0 Å². The van der Waals surface area contributed by atoms with Crippen molar-refractivity contribution in [1.29, 1.82) is 0 Å². The van der Waals surface area contributed by atoms with Crippen LogP contribution in [0, 0.1) is 0 Å². The average Bonchev–Trinajstić information content (AvgIpc) is 3.39. The average molecular weight is 419 g/mol. The molecule has 2 N–H and O–H groups in total. The Bertz CT molecular complexity index is 1120. The second-order valence-corrected chi connectivity index (χ2v) is 9.09. The minimum absolute atomic E-state index is 0.119. The van der Waals surface area contributed by atoms with Gasteiger partial charge in [-0.05, 0) is 56.1 Å². The molecule has 5 nitrogen and oxygen atoms in total. The molecule has 0 atom stereocenters. The summed E-state index contributed by atoms with van der Waals surface area (Å²) in [5.41, 5.74) is 3.51. The van der Waals surface area contributed by atoms with Gasteiger partial charge in [0.1, 0.15) is 0 Å². The number of nitrogens with zero attached hydrogens (tertiary/aromatic N) is 2. The fourth-order valence-corrected chi connectivity index (χ4v) is 5.47. The Labute approximate surface area is 180 Å². The number of hydrogen-bond donors (Lipinski definition) is 2. The number of amides is 1. The van der Waals surface area contributed by atoms with Crippen LogP contribution in [-0.2, 0) is 11.2 Å². The third kappa shape index (κ3) is 4.11. The number of H-pyrrole nitrogens is 1. The van der Waals surface area contributed by atoms with Gasteiger partial charge >= 0.3 is 0 Å². The van der Waals surface area contributed by atoms with Gasteiger partial charge in [0.15, 0.2) is 0 Å². The van der Waals surface area contributed by atoms with Gasteiger partial charge in [-0.15, -0.1) is 11.3 Å². The molecule has 154 valence electrons. The van der Waals surface area contributed by atoms with Crippen molar-refractivity contribution < 1.29 is 4.79 Å². The quantitative estimate of drug-likeness (QED) is 0.490. The molecule has 2 aromatic carbocycles. The molecule has 0 aliphatic carbocycles. The van der Waals surface area contributed by atoms with Gasteiger partial charge in [-0.25, -0.2) is 4.98 Å². The Balaban J connectivity index is 1.08. The molecule has 4 aromatic rings. The van der Waals surface area contributed by atoms with Crippen molar-refractivity contribution in [2.45, 2.75) is 25.2 Å². The SMILES string of the molecule is O=C(CN1CCC(c2nc3ccccc3s2)CC1)NCCc1c[nH]c2ccccc12. The van der Waals surface area contributed by atoms with Crippen molar-refractivity contribution in [1.82, 2.24) is 20.2 Å². The molecule has 5 rings (SSSR count). The number of hydrogen-bond acceptors (Lipinski definition) is 4. The van der Waals surface area contributed by atoms with E-state index in [9.17, 15) is 4.79 Å². The highest BCUT2D eigenvalue weighted by Gasteiger charge is 2.24. The first-order valence-corrected chi connectivity index (χ1v) is 11.5. The minimum atomic E-state index is 0.119. The fourth-order valence-electron chi connectivity index (χ4n) is 4.34. The molecular weight excluding hydrogens is 392 g/mol. The Morgan fingerprint density at radius 3 is 2.80 bits per heavy atom. The molecule has 2 aromatic heterocycles. The maximum atomic E-state index is 12.4. The molecule has 6 heteroatoms. The molecule has 3 heterocycles. The third-order valence-corrected chi connectivity index (χ3v) is 7.20. The van der Waals surface area contributed by atoms with E-state index < -0.39 is 0 Å². The summed E-state index contributed by atoms with van der Waals surface area (Å²) in [4.78, 5) is 22.8. The van der Waals surface area contributed by atoms with Gasteiger partial charge in [0.05, 0.1) is 21.8 Å².